The van der Waals surface area contributed by atoms with Gasteiger partial charge in [-0.2, -0.15) is 0 Å². The number of rotatable bonds is 7. The lowest BCUT2D eigenvalue weighted by molar-refractivity contribution is -0.138. The van der Waals surface area contributed by atoms with Gasteiger partial charge in [0.2, 0.25) is 10.0 Å². The molecular weight excluding hydrogens is 418 g/mol. The maximum absolute atomic E-state index is 12.9. The van der Waals surface area contributed by atoms with Crippen LogP contribution in [-0.4, -0.2) is 32.9 Å². The van der Waals surface area contributed by atoms with Crippen molar-refractivity contribution in [2.75, 3.05) is 11.9 Å². The normalized spacial score (nSPS) is 16.5. The van der Waals surface area contributed by atoms with E-state index in [2.05, 4.69) is 10.6 Å². The van der Waals surface area contributed by atoms with Gasteiger partial charge in [-0.15, -0.1) is 0 Å². The molecule has 164 valence electrons. The van der Waals surface area contributed by atoms with Crippen molar-refractivity contribution in [1.29, 1.82) is 0 Å². The number of sulfonamides is 1. The molecule has 0 spiro atoms. The molecule has 2 aromatic carbocycles. The van der Waals surface area contributed by atoms with Crippen LogP contribution in [0.15, 0.2) is 70.8 Å². The van der Waals surface area contributed by atoms with Gasteiger partial charge in [0.15, 0.2) is 0 Å². The maximum Gasteiger partial charge on any atom is 0.335 e. The molecule has 0 saturated carbocycles. The van der Waals surface area contributed by atoms with Crippen LogP contribution in [-0.2, 0) is 19.6 Å². The number of primary sulfonamides is 1. The molecule has 31 heavy (non-hydrogen) atoms. The maximum atomic E-state index is 12.9. The fourth-order valence-electron chi connectivity index (χ4n) is 3.44. The van der Waals surface area contributed by atoms with Gasteiger partial charge in [-0.3, -0.25) is 4.79 Å². The molecule has 9 heteroatoms. The average Bonchev–Trinajstić information content (AvgIpc) is 2.75. The molecule has 0 aromatic heterocycles. The van der Waals surface area contributed by atoms with Crippen molar-refractivity contribution in [2.24, 2.45) is 5.14 Å². The van der Waals surface area contributed by atoms with Crippen LogP contribution in [0, 0.1) is 0 Å². The summed E-state index contributed by atoms with van der Waals surface area (Å²) >= 11 is 0. The van der Waals surface area contributed by atoms with E-state index in [9.17, 15) is 18.0 Å². The van der Waals surface area contributed by atoms with E-state index in [0.29, 0.717) is 17.7 Å². The predicted octanol–water partition coefficient (Wildman–Crippen LogP) is 2.55. The zero-order chi connectivity index (χ0) is 22.4. The lowest BCUT2D eigenvalue weighted by atomic mass is 9.91. The first kappa shape index (κ1) is 22.5. The number of carbonyl (C=O) groups is 2. The molecule has 1 amide bonds. The number of benzene rings is 2. The summed E-state index contributed by atoms with van der Waals surface area (Å²) in [5.41, 5.74) is 2.00. The van der Waals surface area contributed by atoms with Crippen LogP contribution in [0.2, 0.25) is 0 Å². The van der Waals surface area contributed by atoms with Crippen LogP contribution >= 0.6 is 0 Å². The zero-order valence-electron chi connectivity index (χ0n) is 17.1. The number of hydrogen-bond donors (Lipinski definition) is 3. The Morgan fingerprint density at radius 1 is 1.10 bits per heavy atom. The first-order valence-electron chi connectivity index (χ1n) is 9.95. The number of ether oxygens (including phenoxy) is 1. The Kier molecular flexibility index (Phi) is 7.09. The van der Waals surface area contributed by atoms with E-state index in [4.69, 9.17) is 9.88 Å². The molecule has 0 radical (unpaired) electrons. The van der Waals surface area contributed by atoms with Gasteiger partial charge >= 0.3 is 5.97 Å². The van der Waals surface area contributed by atoms with Crippen molar-refractivity contribution in [2.45, 2.75) is 37.1 Å². The highest BCUT2D eigenvalue weighted by Gasteiger charge is 2.29. The van der Waals surface area contributed by atoms with Gasteiger partial charge in [-0.1, -0.05) is 18.2 Å². The molecule has 0 heterocycles. The zero-order valence-corrected chi connectivity index (χ0v) is 17.9. The van der Waals surface area contributed by atoms with Gasteiger partial charge < -0.3 is 15.4 Å². The van der Waals surface area contributed by atoms with Crippen molar-refractivity contribution in [3.05, 3.63) is 71.4 Å². The largest absolute Gasteiger partial charge is 0.463 e. The first-order valence-corrected chi connectivity index (χ1v) is 11.5. The van der Waals surface area contributed by atoms with Gasteiger partial charge in [0, 0.05) is 11.3 Å². The Morgan fingerprint density at radius 2 is 1.77 bits per heavy atom. The highest BCUT2D eigenvalue weighted by atomic mass is 32.2. The quantitative estimate of drug-likeness (QED) is 0.564. The second-order valence-electron chi connectivity index (χ2n) is 7.09. The van der Waals surface area contributed by atoms with Crippen LogP contribution in [0.5, 0.6) is 0 Å². The van der Waals surface area contributed by atoms with Crippen LogP contribution in [0.3, 0.4) is 0 Å². The van der Waals surface area contributed by atoms with E-state index in [1.807, 2.05) is 30.3 Å². The average molecular weight is 444 g/mol. The SMILES string of the molecule is CCOC(=O)C1=C(NC(=O)c2ccc(S(N)(=O)=O)cc2)C(Nc2ccccc2)CCC1. The van der Waals surface area contributed by atoms with E-state index in [-0.39, 0.29) is 23.1 Å². The number of para-hydroxylation sites is 1. The molecule has 1 atom stereocenters. The summed E-state index contributed by atoms with van der Waals surface area (Å²) < 4.78 is 28.1. The van der Waals surface area contributed by atoms with Crippen LogP contribution in [0.1, 0.15) is 36.5 Å². The summed E-state index contributed by atoms with van der Waals surface area (Å²) in [5.74, 6) is -0.915. The van der Waals surface area contributed by atoms with Crippen molar-refractivity contribution in [3.63, 3.8) is 0 Å². The molecule has 3 rings (SSSR count). The third kappa shape index (κ3) is 5.71. The number of esters is 1. The topological polar surface area (TPSA) is 128 Å². The molecule has 1 aliphatic carbocycles. The summed E-state index contributed by atoms with van der Waals surface area (Å²) in [6, 6.07) is 14.5. The number of anilines is 1. The van der Waals surface area contributed by atoms with Gasteiger partial charge in [-0.05, 0) is 62.6 Å². The number of amides is 1. The van der Waals surface area contributed by atoms with E-state index in [1.165, 1.54) is 24.3 Å². The highest BCUT2D eigenvalue weighted by molar-refractivity contribution is 7.89. The summed E-state index contributed by atoms with van der Waals surface area (Å²) in [4.78, 5) is 25.3. The number of hydrogen-bond acceptors (Lipinski definition) is 6. The molecular formula is C22H25N3O5S. The lowest BCUT2D eigenvalue weighted by Gasteiger charge is -2.29. The minimum Gasteiger partial charge on any atom is -0.463 e. The minimum absolute atomic E-state index is 0.0863. The Hall–Kier alpha value is -3.17. The van der Waals surface area contributed by atoms with Gasteiger partial charge in [0.25, 0.3) is 5.91 Å². The number of carbonyl (C=O) groups excluding carboxylic acids is 2. The monoisotopic (exact) mass is 443 g/mol. The number of nitrogens with two attached hydrogens (primary N) is 1. The highest BCUT2D eigenvalue weighted by Crippen LogP contribution is 2.28. The Balaban J connectivity index is 1.90. The predicted molar refractivity (Wildman–Crippen MR) is 117 cm³/mol. The molecule has 2 aromatic rings. The van der Waals surface area contributed by atoms with E-state index < -0.39 is 21.9 Å². The molecule has 0 bridgehead atoms. The third-order valence-corrected chi connectivity index (χ3v) is 5.85. The molecule has 1 unspecified atom stereocenters. The molecule has 0 fully saturated rings. The Morgan fingerprint density at radius 3 is 2.39 bits per heavy atom. The minimum atomic E-state index is -3.85. The fourth-order valence-corrected chi connectivity index (χ4v) is 3.95. The molecule has 0 saturated heterocycles. The van der Waals surface area contributed by atoms with Crippen LogP contribution in [0.25, 0.3) is 0 Å². The summed E-state index contributed by atoms with van der Waals surface area (Å²) in [6.45, 7) is 1.96. The standard InChI is InChI=1S/C22H25N3O5S/c1-2-30-22(27)18-9-6-10-19(24-16-7-4-3-5-8-16)20(18)25-21(26)15-11-13-17(14-12-15)31(23,28)29/h3-5,7-8,11-14,19,24H,2,6,9-10H2,1H3,(H,25,26)(H2,23,28,29). The summed E-state index contributed by atoms with van der Waals surface area (Å²) in [7, 11) is -3.85. The third-order valence-electron chi connectivity index (χ3n) is 4.92. The van der Waals surface area contributed by atoms with Crippen molar-refractivity contribution in [3.8, 4) is 0 Å². The fraction of sp³-hybridized carbons (Fsp3) is 0.273. The molecule has 8 nitrogen and oxygen atoms in total. The van der Waals surface area contributed by atoms with E-state index in [1.54, 1.807) is 6.92 Å². The second kappa shape index (κ2) is 9.76. The van der Waals surface area contributed by atoms with Crippen molar-refractivity contribution < 1.29 is 22.7 Å². The number of nitrogens with one attached hydrogen (secondary N) is 2. The smallest absolute Gasteiger partial charge is 0.335 e. The lowest BCUT2D eigenvalue weighted by Crippen LogP contribution is -2.39. The molecule has 0 aliphatic heterocycles. The molecule has 1 aliphatic rings. The Labute approximate surface area is 181 Å². The van der Waals surface area contributed by atoms with Crippen molar-refractivity contribution in [1.82, 2.24) is 5.32 Å². The summed E-state index contributed by atoms with van der Waals surface area (Å²) in [5, 5.41) is 11.3. The van der Waals surface area contributed by atoms with Crippen LogP contribution in [0.4, 0.5) is 5.69 Å². The molecule has 4 N–H and O–H groups in total. The first-order chi connectivity index (χ1) is 14.8. The van der Waals surface area contributed by atoms with E-state index in [0.717, 1.165) is 18.5 Å². The van der Waals surface area contributed by atoms with Gasteiger partial charge in [0.05, 0.1) is 28.8 Å². The van der Waals surface area contributed by atoms with Gasteiger partial charge in [0.1, 0.15) is 0 Å². The Bertz CT molecular complexity index is 1080. The van der Waals surface area contributed by atoms with E-state index >= 15 is 0 Å². The second-order valence-corrected chi connectivity index (χ2v) is 8.65. The van der Waals surface area contributed by atoms with Crippen LogP contribution < -0.4 is 15.8 Å². The summed E-state index contributed by atoms with van der Waals surface area (Å²) in [6.07, 6.45) is 1.98. The van der Waals surface area contributed by atoms with Crippen molar-refractivity contribution >= 4 is 27.6 Å². The van der Waals surface area contributed by atoms with Gasteiger partial charge in [-0.25, -0.2) is 18.4 Å².